The van der Waals surface area contributed by atoms with E-state index < -0.39 is 48.9 Å². The van der Waals surface area contributed by atoms with Gasteiger partial charge < -0.3 is 31.2 Å². The van der Waals surface area contributed by atoms with Gasteiger partial charge in [0.2, 0.25) is 0 Å². The largest absolute Gasteiger partial charge is 0.467 e. The first kappa shape index (κ1) is 67.4. The molecule has 2 saturated carbocycles. The van der Waals surface area contributed by atoms with Crippen molar-refractivity contribution in [1.29, 1.82) is 0 Å². The van der Waals surface area contributed by atoms with Crippen molar-refractivity contribution < 1.29 is 45.5 Å². The van der Waals surface area contributed by atoms with Gasteiger partial charge in [0, 0.05) is 59.1 Å². The quantitative estimate of drug-likeness (QED) is 0.0179. The van der Waals surface area contributed by atoms with Gasteiger partial charge >= 0.3 is 11.9 Å². The number of thiocarbonyl (C=S) groups is 2. The minimum Gasteiger partial charge on any atom is -0.467 e. The van der Waals surface area contributed by atoms with Crippen LogP contribution in [0.3, 0.4) is 0 Å². The van der Waals surface area contributed by atoms with Crippen LogP contribution >= 0.6 is 82.4 Å². The van der Waals surface area contributed by atoms with Crippen molar-refractivity contribution in [3.8, 4) is 0 Å². The van der Waals surface area contributed by atoms with Gasteiger partial charge in [-0.1, -0.05) is 146 Å². The standard InChI is InChI=1S/C28H34Cl2N2O5S2.C21H32N2O4S2.C7H3Cl3O/c1-37-26(34)23(32-27(38)28(14-3-4-15-28)16-5-6-17-39(2,35)36)18-19-10-12-20(13-11-19)31-25(33)24-21(29)8-7-9-22(24)30;1-27-19(24)18(15-16-7-9-17(22)10-8-16)23-20(28)21(11-3-4-12-21)13-5-6-14-29(2,25)26;8-4-2-1-3-5(9)6(4)7(10)11/h7-13,23H,3-6,14-18H2,1-2H3,(H,31,33)(H,32,38);7-10,18H,3-6,11-15,22H2,1-2H3,(H,23,28);1-3H/t23-;18-;/m00./s1. The maximum atomic E-state index is 12.7. The summed E-state index contributed by atoms with van der Waals surface area (Å²) in [5.41, 5.74) is 8.74. The summed E-state index contributed by atoms with van der Waals surface area (Å²) in [4.78, 5) is 49.7. The summed E-state index contributed by atoms with van der Waals surface area (Å²) in [5, 5.41) is 9.77. The van der Waals surface area contributed by atoms with Crippen molar-refractivity contribution in [2.75, 3.05) is 49.3 Å². The lowest BCUT2D eigenvalue weighted by Gasteiger charge is -2.33. The first-order chi connectivity index (χ1) is 37.2. The number of halogens is 5. The van der Waals surface area contributed by atoms with E-state index in [-0.39, 0.29) is 59.5 Å². The van der Waals surface area contributed by atoms with E-state index in [0.717, 1.165) is 88.2 Å². The summed E-state index contributed by atoms with van der Waals surface area (Å²) >= 11 is 40.4. The highest BCUT2D eigenvalue weighted by Gasteiger charge is 2.40. The second kappa shape index (κ2) is 31.9. The smallest absolute Gasteiger partial charge is 0.328 e. The second-order valence-electron chi connectivity index (χ2n) is 20.0. The lowest BCUT2D eigenvalue weighted by Crippen LogP contribution is -2.48. The molecule has 0 aromatic heterocycles. The molecule has 2 aliphatic rings. The summed E-state index contributed by atoms with van der Waals surface area (Å²) in [6, 6.07) is 22.9. The predicted molar refractivity (Wildman–Crippen MR) is 328 cm³/mol. The van der Waals surface area contributed by atoms with E-state index in [1.165, 1.54) is 26.7 Å². The van der Waals surface area contributed by atoms with Gasteiger partial charge in [0.25, 0.3) is 11.1 Å². The number of methoxy groups -OCH3 is 2. The minimum absolute atomic E-state index is 0.163. The van der Waals surface area contributed by atoms with Crippen LogP contribution in [0.15, 0.2) is 84.9 Å². The van der Waals surface area contributed by atoms with Crippen LogP contribution in [0.25, 0.3) is 0 Å². The summed E-state index contributed by atoms with van der Waals surface area (Å²) in [5.74, 6) is -0.833. The average molecular weight is 1260 g/mol. The number of hydrogen-bond donors (Lipinski definition) is 4. The number of rotatable bonds is 23. The zero-order chi connectivity index (χ0) is 58.6. The van der Waals surface area contributed by atoms with Crippen LogP contribution < -0.4 is 21.7 Å². The predicted octanol–water partition coefficient (Wildman–Crippen LogP) is 12.4. The lowest BCUT2D eigenvalue weighted by molar-refractivity contribution is -0.143. The van der Waals surface area contributed by atoms with E-state index in [0.29, 0.717) is 47.0 Å². The number of nitrogen functional groups attached to an aromatic ring is 1. The molecule has 432 valence electrons. The van der Waals surface area contributed by atoms with Crippen LogP contribution in [0.5, 0.6) is 0 Å². The highest BCUT2D eigenvalue weighted by Crippen LogP contribution is 2.45. The summed E-state index contributed by atoms with van der Waals surface area (Å²) in [6.45, 7) is 0. The van der Waals surface area contributed by atoms with Gasteiger partial charge in [-0.2, -0.15) is 0 Å². The third kappa shape index (κ3) is 22.0. The number of anilines is 2. The summed E-state index contributed by atoms with van der Waals surface area (Å²) < 4.78 is 55.9. The molecule has 1 amide bonds. The van der Waals surface area contributed by atoms with Crippen molar-refractivity contribution in [1.82, 2.24) is 10.6 Å². The molecule has 79 heavy (non-hydrogen) atoms. The van der Waals surface area contributed by atoms with Crippen LogP contribution in [0.1, 0.15) is 122 Å². The molecule has 0 radical (unpaired) electrons. The number of hydrogen-bond acceptors (Lipinski definition) is 13. The maximum absolute atomic E-state index is 12.7. The van der Waals surface area contributed by atoms with Crippen LogP contribution in [0, 0.1) is 10.8 Å². The van der Waals surface area contributed by atoms with Gasteiger partial charge in [-0.15, -0.1) is 0 Å². The van der Waals surface area contributed by atoms with E-state index >= 15 is 0 Å². The average Bonchev–Trinajstić information content (AvgIpc) is 4.12. The van der Waals surface area contributed by atoms with Crippen molar-refractivity contribution in [2.24, 2.45) is 10.8 Å². The Labute approximate surface area is 501 Å². The fourth-order valence-corrected chi connectivity index (χ4v) is 13.5. The molecule has 0 spiro atoms. The number of unbranched alkanes of at least 4 members (excludes halogenated alkanes) is 2. The Morgan fingerprint density at radius 1 is 0.582 bits per heavy atom. The topological polar surface area (TPSA) is 217 Å². The fourth-order valence-electron chi connectivity index (χ4n) is 9.68. The summed E-state index contributed by atoms with van der Waals surface area (Å²) in [7, 11) is -3.23. The molecule has 2 aliphatic carbocycles. The third-order valence-electron chi connectivity index (χ3n) is 13.9. The number of sulfone groups is 2. The maximum Gasteiger partial charge on any atom is 0.328 e. The monoisotopic (exact) mass is 1260 g/mol. The Morgan fingerprint density at radius 2 is 0.937 bits per heavy atom. The Balaban J connectivity index is 0.000000293. The summed E-state index contributed by atoms with van der Waals surface area (Å²) in [6.07, 6.45) is 15.7. The number of carbonyl (C=O) groups is 4. The molecule has 5 N–H and O–H groups in total. The van der Waals surface area contributed by atoms with Gasteiger partial charge in [-0.3, -0.25) is 9.59 Å². The second-order valence-corrected chi connectivity index (χ2v) is 27.3. The lowest BCUT2D eigenvalue weighted by atomic mass is 9.80. The highest BCUT2D eigenvalue weighted by atomic mass is 35.5. The molecule has 6 rings (SSSR count). The molecule has 0 unspecified atom stereocenters. The molecule has 0 bridgehead atoms. The van der Waals surface area contributed by atoms with Crippen molar-refractivity contribution in [3.05, 3.63) is 127 Å². The van der Waals surface area contributed by atoms with Crippen LogP contribution in [0.2, 0.25) is 20.1 Å². The van der Waals surface area contributed by atoms with E-state index in [9.17, 15) is 36.0 Å². The zero-order valence-electron chi connectivity index (χ0n) is 44.6. The molecule has 0 aliphatic heterocycles. The molecule has 0 heterocycles. The van der Waals surface area contributed by atoms with E-state index in [1.54, 1.807) is 48.5 Å². The number of nitrogens with one attached hydrogen (secondary N) is 3. The molecular formula is C56H69Cl5N4O10S4. The number of nitrogens with two attached hydrogens (primary N) is 1. The van der Waals surface area contributed by atoms with Gasteiger partial charge in [0.15, 0.2) is 0 Å². The Morgan fingerprint density at radius 3 is 1.27 bits per heavy atom. The highest BCUT2D eigenvalue weighted by molar-refractivity contribution is 7.90. The molecule has 2 atom stereocenters. The van der Waals surface area contributed by atoms with Crippen LogP contribution in [-0.2, 0) is 51.6 Å². The normalized spacial score (nSPS) is 15.2. The molecule has 2 fully saturated rings. The van der Waals surface area contributed by atoms with E-state index in [4.69, 9.17) is 97.6 Å². The molecule has 23 heteroatoms. The fraction of sp³-hybridized carbons (Fsp3) is 0.464. The SMILES string of the molecule is COC(=O)[C@H](Cc1ccc(N)cc1)NC(=S)C1(CCCCS(C)(=O)=O)CCCC1.COC(=O)[C@H](Cc1ccc(NC(=O)c2c(Cl)cccc2Cl)cc1)NC(=S)C1(CCCCS(C)(=O)=O)CCCC1.O=C(Cl)c1c(Cl)cccc1Cl. The van der Waals surface area contributed by atoms with E-state index in [2.05, 4.69) is 16.0 Å². The van der Waals surface area contributed by atoms with Gasteiger partial charge in [-0.05, 0) is 123 Å². The van der Waals surface area contributed by atoms with Gasteiger partial charge in [-0.25, -0.2) is 26.4 Å². The molecular weight excluding hydrogens is 1190 g/mol. The van der Waals surface area contributed by atoms with Crippen LogP contribution in [-0.4, -0.2) is 100 Å². The van der Waals surface area contributed by atoms with Crippen molar-refractivity contribution in [2.45, 2.75) is 115 Å². The van der Waals surface area contributed by atoms with Gasteiger partial charge in [0.05, 0.1) is 55.4 Å². The zero-order valence-corrected chi connectivity index (χ0v) is 51.7. The van der Waals surface area contributed by atoms with Crippen LogP contribution in [0.4, 0.5) is 11.4 Å². The Bertz CT molecular complexity index is 2930. The first-order valence-corrected chi connectivity index (χ1v) is 32.5. The molecule has 4 aromatic rings. The number of carbonyl (C=O) groups excluding carboxylic acids is 4. The minimum atomic E-state index is -3.00. The first-order valence-electron chi connectivity index (χ1n) is 25.7. The third-order valence-corrected chi connectivity index (χ3v) is 18.5. The number of ether oxygens (including phenoxy) is 2. The Kier molecular flexibility index (Phi) is 27.2. The van der Waals surface area contributed by atoms with Crippen molar-refractivity contribution in [3.63, 3.8) is 0 Å². The Hall–Kier alpha value is -4.11. The number of amides is 1. The van der Waals surface area contributed by atoms with Crippen molar-refractivity contribution >= 4 is 147 Å². The molecule has 0 saturated heterocycles. The molecule has 4 aromatic carbocycles. The van der Waals surface area contributed by atoms with E-state index in [1.807, 2.05) is 36.4 Å². The number of benzene rings is 4. The van der Waals surface area contributed by atoms with Gasteiger partial charge in [0.1, 0.15) is 31.8 Å². The molecule has 14 nitrogen and oxygen atoms in total. The number of esters is 2.